The molecule has 0 bridgehead atoms. The summed E-state index contributed by atoms with van der Waals surface area (Å²) in [7, 11) is -2.07. The van der Waals surface area contributed by atoms with Crippen molar-refractivity contribution < 1.29 is 17.9 Å². The number of methoxy groups -OCH3 is 1. The zero-order valence-corrected chi connectivity index (χ0v) is 10.0. The Hall–Kier alpha value is -1.76. The molecule has 0 aliphatic carbocycles. The highest BCUT2D eigenvalue weighted by atomic mass is 32.2. The van der Waals surface area contributed by atoms with Gasteiger partial charge in [0.25, 0.3) is 0 Å². The van der Waals surface area contributed by atoms with Crippen LogP contribution in [-0.4, -0.2) is 33.8 Å². The van der Waals surface area contributed by atoms with Crippen molar-refractivity contribution >= 4 is 27.4 Å². The number of ether oxygens (including phenoxy) is 1. The zero-order chi connectivity index (χ0) is 12.5. The first-order valence-electron chi connectivity index (χ1n) is 4.98. The van der Waals surface area contributed by atoms with Gasteiger partial charge in [0, 0.05) is 6.54 Å². The molecular weight excluding hydrogens is 244 g/mol. The Labute approximate surface area is 99.0 Å². The molecular formula is C10H12N2O4S. The summed E-state index contributed by atoms with van der Waals surface area (Å²) in [6.07, 6.45) is 0. The highest BCUT2D eigenvalue weighted by Gasteiger charge is 2.18. The summed E-state index contributed by atoms with van der Waals surface area (Å²) in [5.41, 5.74) is 1.32. The minimum absolute atomic E-state index is 0.00472. The van der Waals surface area contributed by atoms with Crippen molar-refractivity contribution in [1.82, 2.24) is 0 Å². The van der Waals surface area contributed by atoms with Crippen LogP contribution in [0.3, 0.4) is 0 Å². The number of rotatable bonds is 1. The molecule has 6 nitrogen and oxygen atoms in total. The number of sulfonamides is 1. The van der Waals surface area contributed by atoms with Gasteiger partial charge in [-0.1, -0.05) is 0 Å². The molecule has 1 aromatic rings. The minimum atomic E-state index is -3.35. The lowest BCUT2D eigenvalue weighted by atomic mass is 10.2. The molecule has 1 aliphatic rings. The molecule has 2 rings (SSSR count). The lowest BCUT2D eigenvalue weighted by Gasteiger charge is -2.09. The van der Waals surface area contributed by atoms with Gasteiger partial charge in [0.15, 0.2) is 0 Å². The van der Waals surface area contributed by atoms with Gasteiger partial charge < -0.3 is 10.1 Å². The molecule has 2 N–H and O–H groups in total. The van der Waals surface area contributed by atoms with E-state index in [1.54, 1.807) is 12.1 Å². The second-order valence-corrected chi connectivity index (χ2v) is 5.44. The van der Waals surface area contributed by atoms with Crippen molar-refractivity contribution in [3.63, 3.8) is 0 Å². The molecule has 0 aromatic heterocycles. The molecule has 0 saturated heterocycles. The van der Waals surface area contributed by atoms with Gasteiger partial charge in [-0.25, -0.2) is 13.2 Å². The molecule has 1 aliphatic heterocycles. The van der Waals surface area contributed by atoms with Gasteiger partial charge in [0.05, 0.1) is 29.8 Å². The Morgan fingerprint density at radius 3 is 2.82 bits per heavy atom. The number of carbonyl (C=O) groups excluding carboxylic acids is 1. The van der Waals surface area contributed by atoms with Crippen LogP contribution in [-0.2, 0) is 14.8 Å². The van der Waals surface area contributed by atoms with E-state index in [1.165, 1.54) is 13.2 Å². The Morgan fingerprint density at radius 1 is 1.35 bits per heavy atom. The lowest BCUT2D eigenvalue weighted by Crippen LogP contribution is -2.18. The average Bonchev–Trinajstić information content (AvgIpc) is 2.43. The molecule has 0 amide bonds. The van der Waals surface area contributed by atoms with E-state index in [0.29, 0.717) is 23.5 Å². The van der Waals surface area contributed by atoms with E-state index >= 15 is 0 Å². The normalized spacial score (nSPS) is 17.0. The topological polar surface area (TPSA) is 84.5 Å². The average molecular weight is 256 g/mol. The van der Waals surface area contributed by atoms with Crippen LogP contribution in [0.15, 0.2) is 18.2 Å². The fourth-order valence-electron chi connectivity index (χ4n) is 1.57. The summed E-state index contributed by atoms with van der Waals surface area (Å²) in [5.74, 6) is -0.508. The van der Waals surface area contributed by atoms with Crippen molar-refractivity contribution in [1.29, 1.82) is 0 Å². The first-order chi connectivity index (χ1) is 8.02. The number of fused-ring (bicyclic) bond motifs is 1. The van der Waals surface area contributed by atoms with Crippen molar-refractivity contribution in [3.8, 4) is 0 Å². The van der Waals surface area contributed by atoms with Crippen LogP contribution in [0.2, 0.25) is 0 Å². The maximum absolute atomic E-state index is 11.5. The maximum atomic E-state index is 11.5. The molecule has 0 saturated carbocycles. The van der Waals surface area contributed by atoms with Crippen molar-refractivity contribution in [3.05, 3.63) is 23.8 Å². The summed E-state index contributed by atoms with van der Waals surface area (Å²) in [6.45, 7) is 0.333. The van der Waals surface area contributed by atoms with E-state index in [-0.39, 0.29) is 5.75 Å². The van der Waals surface area contributed by atoms with Gasteiger partial charge in [0.2, 0.25) is 10.0 Å². The Kier molecular flexibility index (Phi) is 2.93. The molecule has 0 fully saturated rings. The first-order valence-corrected chi connectivity index (χ1v) is 6.64. The third-order valence-corrected chi connectivity index (χ3v) is 3.66. The number of nitrogens with one attached hydrogen (secondary N) is 2. The van der Waals surface area contributed by atoms with E-state index in [0.717, 1.165) is 0 Å². The smallest absolute Gasteiger partial charge is 0.337 e. The van der Waals surface area contributed by atoms with Gasteiger partial charge in [-0.05, 0) is 18.2 Å². The quantitative estimate of drug-likeness (QED) is 0.720. The van der Waals surface area contributed by atoms with Crippen LogP contribution in [0.4, 0.5) is 11.4 Å². The molecule has 17 heavy (non-hydrogen) atoms. The Bertz CT molecular complexity index is 553. The van der Waals surface area contributed by atoms with Gasteiger partial charge in [-0.3, -0.25) is 4.72 Å². The largest absolute Gasteiger partial charge is 0.465 e. The second-order valence-electron chi connectivity index (χ2n) is 3.60. The van der Waals surface area contributed by atoms with Crippen LogP contribution in [0.1, 0.15) is 10.4 Å². The number of hydrogen-bond donors (Lipinski definition) is 2. The van der Waals surface area contributed by atoms with Gasteiger partial charge >= 0.3 is 5.97 Å². The van der Waals surface area contributed by atoms with Gasteiger partial charge in [-0.2, -0.15) is 0 Å². The summed E-state index contributed by atoms with van der Waals surface area (Å²) >= 11 is 0. The SMILES string of the molecule is COC(=O)c1ccc2c(c1)NS(=O)(=O)CCN2. The second kappa shape index (κ2) is 4.25. The highest BCUT2D eigenvalue weighted by Crippen LogP contribution is 2.26. The van der Waals surface area contributed by atoms with E-state index in [2.05, 4.69) is 14.8 Å². The van der Waals surface area contributed by atoms with Gasteiger partial charge in [-0.15, -0.1) is 0 Å². The number of esters is 1. The van der Waals surface area contributed by atoms with Crippen LogP contribution in [0.5, 0.6) is 0 Å². The number of anilines is 2. The predicted octanol–water partition coefficient (Wildman–Crippen LogP) is 0.640. The third kappa shape index (κ3) is 2.50. The third-order valence-electron chi connectivity index (χ3n) is 2.39. The summed E-state index contributed by atoms with van der Waals surface area (Å²) in [4.78, 5) is 11.3. The molecule has 0 unspecified atom stereocenters. The van der Waals surface area contributed by atoms with Gasteiger partial charge in [0.1, 0.15) is 0 Å². The predicted molar refractivity (Wildman–Crippen MR) is 63.7 cm³/mol. The first kappa shape index (κ1) is 11.7. The molecule has 1 heterocycles. The Balaban J connectivity index is 2.43. The van der Waals surface area contributed by atoms with Crippen LogP contribution in [0.25, 0.3) is 0 Å². The Morgan fingerprint density at radius 2 is 2.12 bits per heavy atom. The minimum Gasteiger partial charge on any atom is -0.465 e. The van der Waals surface area contributed by atoms with Crippen molar-refractivity contribution in [2.75, 3.05) is 29.4 Å². The van der Waals surface area contributed by atoms with E-state index in [1.807, 2.05) is 0 Å². The monoisotopic (exact) mass is 256 g/mol. The molecule has 0 atom stereocenters. The van der Waals surface area contributed by atoms with E-state index in [9.17, 15) is 13.2 Å². The van der Waals surface area contributed by atoms with Crippen molar-refractivity contribution in [2.24, 2.45) is 0 Å². The maximum Gasteiger partial charge on any atom is 0.337 e. The summed E-state index contributed by atoms with van der Waals surface area (Å²) < 4.78 is 30.0. The molecule has 7 heteroatoms. The summed E-state index contributed by atoms with van der Waals surface area (Å²) in [6, 6.07) is 4.68. The van der Waals surface area contributed by atoms with Crippen LogP contribution < -0.4 is 10.0 Å². The fourth-order valence-corrected chi connectivity index (χ4v) is 2.54. The van der Waals surface area contributed by atoms with E-state index < -0.39 is 16.0 Å². The number of benzene rings is 1. The molecule has 92 valence electrons. The van der Waals surface area contributed by atoms with Crippen LogP contribution >= 0.6 is 0 Å². The molecule has 0 radical (unpaired) electrons. The fraction of sp³-hybridized carbons (Fsp3) is 0.300. The number of hydrogen-bond acceptors (Lipinski definition) is 5. The van der Waals surface area contributed by atoms with Crippen LogP contribution in [0, 0.1) is 0 Å². The van der Waals surface area contributed by atoms with Crippen molar-refractivity contribution in [2.45, 2.75) is 0 Å². The highest BCUT2D eigenvalue weighted by molar-refractivity contribution is 7.92. The molecule has 0 spiro atoms. The van der Waals surface area contributed by atoms with E-state index in [4.69, 9.17) is 0 Å². The zero-order valence-electron chi connectivity index (χ0n) is 9.19. The number of carbonyl (C=O) groups is 1. The lowest BCUT2D eigenvalue weighted by molar-refractivity contribution is 0.0601. The standard InChI is InChI=1S/C10H12N2O4S/c1-16-10(13)7-2-3-8-9(6-7)12-17(14,15)5-4-11-8/h2-3,6,11-12H,4-5H2,1H3. The summed E-state index contributed by atoms with van der Waals surface area (Å²) in [5, 5.41) is 2.97. The molecule has 1 aromatic carbocycles.